The Hall–Kier alpha value is -4.78. The number of aromatic amines is 1. The molecule has 4 N–H and O–H groups in total. The third kappa shape index (κ3) is 9.14. The van der Waals surface area contributed by atoms with Crippen LogP contribution in [-0.2, 0) is 4.79 Å². The third-order valence-corrected chi connectivity index (χ3v) is 6.43. The van der Waals surface area contributed by atoms with E-state index >= 15 is 0 Å². The number of nitrogens with zero attached hydrogens (tertiary/aromatic N) is 1. The first-order chi connectivity index (χ1) is 19.7. The van der Waals surface area contributed by atoms with Crippen molar-refractivity contribution in [3.63, 3.8) is 0 Å². The van der Waals surface area contributed by atoms with E-state index in [1.54, 1.807) is 12.3 Å². The number of aromatic nitrogens is 2. The molecule has 0 atom stereocenters. The van der Waals surface area contributed by atoms with Gasteiger partial charge in [0.2, 0.25) is 0 Å². The van der Waals surface area contributed by atoms with Crippen LogP contribution in [0.3, 0.4) is 0 Å². The highest BCUT2D eigenvalue weighted by atomic mass is 35.5. The molecule has 3 aromatic carbocycles. The number of carbonyl (C=O) groups is 2. The SMILES string of the molecule is C=C(/C=C\C(=C/C)CN)C(=O)O.Cc1ccc(-c2cnc(/C=C/c3ccc(-c4ccc(C=O)cc4)cc3)[nH]2)c(Cl)c1. The zero-order chi connectivity index (χ0) is 29.8. The summed E-state index contributed by atoms with van der Waals surface area (Å²) >= 11 is 6.35. The molecule has 1 heterocycles. The quantitative estimate of drug-likeness (QED) is 0.109. The van der Waals surface area contributed by atoms with Gasteiger partial charge < -0.3 is 15.8 Å². The Balaban J connectivity index is 0.000000327. The minimum atomic E-state index is -1.02. The molecule has 0 saturated carbocycles. The van der Waals surface area contributed by atoms with Gasteiger partial charge in [0.15, 0.2) is 0 Å². The number of allylic oxidation sites excluding steroid dienone is 1. The van der Waals surface area contributed by atoms with Crippen molar-refractivity contribution in [1.82, 2.24) is 9.97 Å². The Kier molecular flexibility index (Phi) is 11.3. The van der Waals surface area contributed by atoms with Crippen molar-refractivity contribution < 1.29 is 14.7 Å². The zero-order valence-electron chi connectivity index (χ0n) is 23.0. The Morgan fingerprint density at radius 2 is 1.63 bits per heavy atom. The average Bonchev–Trinajstić information content (AvgIpc) is 3.46. The summed E-state index contributed by atoms with van der Waals surface area (Å²) in [5.74, 6) is -0.246. The Morgan fingerprint density at radius 3 is 2.17 bits per heavy atom. The Morgan fingerprint density at radius 1 is 1.00 bits per heavy atom. The van der Waals surface area contributed by atoms with Crippen LogP contribution in [0.15, 0.2) is 109 Å². The molecule has 0 bridgehead atoms. The Labute approximate surface area is 245 Å². The van der Waals surface area contributed by atoms with E-state index in [0.29, 0.717) is 17.1 Å². The average molecular weight is 566 g/mol. The fourth-order valence-corrected chi connectivity index (χ4v) is 4.01. The lowest BCUT2D eigenvalue weighted by atomic mass is 10.0. The molecule has 0 fully saturated rings. The largest absolute Gasteiger partial charge is 0.478 e. The van der Waals surface area contributed by atoms with E-state index in [0.717, 1.165) is 51.2 Å². The number of benzene rings is 3. The van der Waals surface area contributed by atoms with Gasteiger partial charge in [0, 0.05) is 17.7 Å². The molecule has 1 aromatic heterocycles. The van der Waals surface area contributed by atoms with Crippen LogP contribution in [0.1, 0.15) is 34.2 Å². The number of carboxylic acids is 1. The summed E-state index contributed by atoms with van der Waals surface area (Å²) in [5.41, 5.74) is 13.2. The summed E-state index contributed by atoms with van der Waals surface area (Å²) in [5, 5.41) is 9.15. The number of aldehydes is 1. The fraction of sp³-hybridized carbons (Fsp3) is 0.0882. The standard InChI is InChI=1S/C25H19ClN2O.C9H13NO2/c1-17-2-12-22(23(26)14-17)24-15-27-25(28-24)13-7-18-3-8-20(9-4-18)21-10-5-19(16-29)6-11-21;1-3-8(6-10)5-4-7(2)9(11)12/h2-16H,1H3,(H,27,28);3-5H,2,6,10H2,1H3,(H,11,12)/b13-7+;5-4-,8-3+. The van der Waals surface area contributed by atoms with Crippen LogP contribution in [0.5, 0.6) is 0 Å². The summed E-state index contributed by atoms with van der Waals surface area (Å²) in [6.07, 6.45) is 11.5. The molecule has 208 valence electrons. The molecule has 0 aliphatic carbocycles. The van der Waals surface area contributed by atoms with Gasteiger partial charge in [-0.1, -0.05) is 97.1 Å². The maximum absolute atomic E-state index is 10.8. The third-order valence-electron chi connectivity index (χ3n) is 6.11. The molecular weight excluding hydrogens is 534 g/mol. The van der Waals surface area contributed by atoms with E-state index in [9.17, 15) is 9.59 Å². The number of H-pyrrole nitrogens is 1. The van der Waals surface area contributed by atoms with Crippen molar-refractivity contribution in [3.8, 4) is 22.4 Å². The van der Waals surface area contributed by atoms with Crippen LogP contribution in [0, 0.1) is 6.92 Å². The van der Waals surface area contributed by atoms with Crippen molar-refractivity contribution in [1.29, 1.82) is 0 Å². The van der Waals surface area contributed by atoms with Gasteiger partial charge in [-0.2, -0.15) is 0 Å². The first kappa shape index (κ1) is 30.8. The summed E-state index contributed by atoms with van der Waals surface area (Å²) in [6, 6.07) is 21.8. The predicted octanol–water partition coefficient (Wildman–Crippen LogP) is 7.78. The molecule has 41 heavy (non-hydrogen) atoms. The summed E-state index contributed by atoms with van der Waals surface area (Å²) in [6.45, 7) is 7.60. The second kappa shape index (κ2) is 15.1. The number of aryl methyl sites for hydroxylation is 1. The van der Waals surface area contributed by atoms with Gasteiger partial charge in [-0.25, -0.2) is 9.78 Å². The van der Waals surface area contributed by atoms with Gasteiger partial charge in [0.25, 0.3) is 0 Å². The minimum Gasteiger partial charge on any atom is -0.478 e. The maximum Gasteiger partial charge on any atom is 0.335 e. The highest BCUT2D eigenvalue weighted by molar-refractivity contribution is 6.33. The van der Waals surface area contributed by atoms with Crippen molar-refractivity contribution in [2.24, 2.45) is 5.73 Å². The number of nitrogens with one attached hydrogen (secondary N) is 1. The first-order valence-electron chi connectivity index (χ1n) is 12.8. The molecule has 0 aliphatic heterocycles. The van der Waals surface area contributed by atoms with Crippen LogP contribution >= 0.6 is 11.6 Å². The molecule has 0 unspecified atom stereocenters. The van der Waals surface area contributed by atoms with Crippen LogP contribution in [-0.4, -0.2) is 33.9 Å². The van der Waals surface area contributed by atoms with Crippen LogP contribution in [0.25, 0.3) is 34.5 Å². The van der Waals surface area contributed by atoms with Crippen LogP contribution in [0.4, 0.5) is 0 Å². The topological polar surface area (TPSA) is 109 Å². The number of rotatable bonds is 9. The number of aliphatic carboxylic acids is 1. The van der Waals surface area contributed by atoms with E-state index in [1.165, 1.54) is 6.08 Å². The lowest BCUT2D eigenvalue weighted by molar-refractivity contribution is -0.132. The highest BCUT2D eigenvalue weighted by Crippen LogP contribution is 2.27. The van der Waals surface area contributed by atoms with E-state index in [4.69, 9.17) is 22.4 Å². The van der Waals surface area contributed by atoms with E-state index < -0.39 is 5.97 Å². The molecule has 4 rings (SSSR count). The number of carbonyl (C=O) groups excluding carboxylic acids is 1. The van der Waals surface area contributed by atoms with Crippen molar-refractivity contribution in [2.75, 3.05) is 6.54 Å². The number of halogens is 1. The monoisotopic (exact) mass is 565 g/mol. The van der Waals surface area contributed by atoms with E-state index in [2.05, 4.69) is 40.8 Å². The second-order valence-electron chi connectivity index (χ2n) is 9.09. The summed E-state index contributed by atoms with van der Waals surface area (Å²) in [7, 11) is 0. The van der Waals surface area contributed by atoms with Gasteiger partial charge in [-0.05, 0) is 59.9 Å². The van der Waals surface area contributed by atoms with Crippen molar-refractivity contribution >= 4 is 36.0 Å². The summed E-state index contributed by atoms with van der Waals surface area (Å²) in [4.78, 5) is 28.8. The van der Waals surface area contributed by atoms with Crippen molar-refractivity contribution in [3.05, 3.63) is 136 Å². The molecular formula is C34H32ClN3O3. The number of hydrogen-bond donors (Lipinski definition) is 3. The number of imidazole rings is 1. The molecule has 6 nitrogen and oxygen atoms in total. The number of hydrogen-bond acceptors (Lipinski definition) is 4. The number of carboxylic acid groups (broad SMARTS) is 1. The lowest BCUT2D eigenvalue weighted by Crippen LogP contribution is -2.01. The van der Waals surface area contributed by atoms with Crippen LogP contribution in [0.2, 0.25) is 5.02 Å². The van der Waals surface area contributed by atoms with Gasteiger partial charge in [0.05, 0.1) is 22.5 Å². The minimum absolute atomic E-state index is 0.0581. The normalized spacial score (nSPS) is 11.4. The lowest BCUT2D eigenvalue weighted by Gasteiger charge is -2.03. The smallest absolute Gasteiger partial charge is 0.335 e. The van der Waals surface area contributed by atoms with Gasteiger partial charge >= 0.3 is 5.97 Å². The second-order valence-corrected chi connectivity index (χ2v) is 9.50. The van der Waals surface area contributed by atoms with Gasteiger partial charge in [-0.3, -0.25) is 4.79 Å². The molecule has 0 spiro atoms. The molecule has 0 amide bonds. The maximum atomic E-state index is 10.8. The first-order valence-corrected chi connectivity index (χ1v) is 13.2. The molecule has 7 heteroatoms. The van der Waals surface area contributed by atoms with Crippen molar-refractivity contribution in [2.45, 2.75) is 13.8 Å². The van der Waals surface area contributed by atoms with Gasteiger partial charge in [-0.15, -0.1) is 0 Å². The molecule has 0 saturated heterocycles. The Bertz CT molecular complexity index is 1590. The van der Waals surface area contributed by atoms with Gasteiger partial charge in [0.1, 0.15) is 12.1 Å². The highest BCUT2D eigenvalue weighted by Gasteiger charge is 2.06. The fourth-order valence-electron chi connectivity index (χ4n) is 3.67. The molecule has 4 aromatic rings. The molecule has 0 aliphatic rings. The molecule has 0 radical (unpaired) electrons. The van der Waals surface area contributed by atoms with E-state index in [-0.39, 0.29) is 5.57 Å². The zero-order valence-corrected chi connectivity index (χ0v) is 23.7. The van der Waals surface area contributed by atoms with E-state index in [1.807, 2.05) is 74.5 Å². The number of nitrogens with two attached hydrogens (primary N) is 1. The van der Waals surface area contributed by atoms with Crippen LogP contribution < -0.4 is 5.73 Å². The summed E-state index contributed by atoms with van der Waals surface area (Å²) < 4.78 is 0. The predicted molar refractivity (Wildman–Crippen MR) is 169 cm³/mol.